The molecule has 0 aromatic heterocycles. The van der Waals surface area contributed by atoms with E-state index in [-0.39, 0.29) is 18.0 Å². The van der Waals surface area contributed by atoms with Crippen molar-refractivity contribution in [1.29, 1.82) is 0 Å². The molecular weight excluding hydrogens is 418 g/mol. The smallest absolute Gasteiger partial charge is 0.315 e. The summed E-state index contributed by atoms with van der Waals surface area (Å²) in [5.41, 5.74) is 5.44. The maximum atomic E-state index is 13.3. The molecule has 0 amide bonds. The Morgan fingerprint density at radius 3 is 2.31 bits per heavy atom. The summed E-state index contributed by atoms with van der Waals surface area (Å²) in [6, 6.07) is 15.4. The molecule has 0 heterocycles. The van der Waals surface area contributed by atoms with Crippen molar-refractivity contribution in [3.63, 3.8) is 0 Å². The molecule has 3 atom stereocenters. The summed E-state index contributed by atoms with van der Waals surface area (Å²) in [5.74, 6) is -1.09. The summed E-state index contributed by atoms with van der Waals surface area (Å²) in [4.78, 5) is 12.9. The summed E-state index contributed by atoms with van der Waals surface area (Å²) in [7, 11) is -3.75. The zero-order chi connectivity index (χ0) is 18.9. The van der Waals surface area contributed by atoms with Crippen molar-refractivity contribution >= 4 is 31.7 Å². The van der Waals surface area contributed by atoms with Gasteiger partial charge in [0.15, 0.2) is 9.84 Å². The Labute approximate surface area is 161 Å². The normalized spacial score (nSPS) is 24.9. The number of sulfone groups is 1. The lowest BCUT2D eigenvalue weighted by Gasteiger charge is -2.14. The Hall–Kier alpha value is -1.70. The first kappa shape index (κ1) is 19.1. The second kappa shape index (κ2) is 7.13. The second-order valence-electron chi connectivity index (χ2n) is 6.27. The third-order valence-electron chi connectivity index (χ3n) is 4.88. The van der Waals surface area contributed by atoms with Crippen LogP contribution in [0.4, 0.5) is 0 Å². The van der Waals surface area contributed by atoms with E-state index in [1.54, 1.807) is 37.3 Å². The van der Waals surface area contributed by atoms with Crippen molar-refractivity contribution in [2.75, 3.05) is 13.2 Å². The minimum absolute atomic E-state index is 0.0940. The van der Waals surface area contributed by atoms with Gasteiger partial charge in [-0.1, -0.05) is 46.3 Å². The number of ether oxygens (including phenoxy) is 1. The van der Waals surface area contributed by atoms with Crippen molar-refractivity contribution in [2.45, 2.75) is 23.0 Å². The maximum absolute atomic E-state index is 13.3. The van der Waals surface area contributed by atoms with E-state index >= 15 is 0 Å². The van der Waals surface area contributed by atoms with Crippen LogP contribution in [0, 0.1) is 5.41 Å². The molecule has 1 aliphatic rings. The van der Waals surface area contributed by atoms with E-state index in [0.29, 0.717) is 0 Å². The molecule has 2 aromatic rings. The maximum Gasteiger partial charge on any atom is 0.315 e. The standard InChI is InChI=1S/C19H20BrNO4S/c1-2-25-18(22)19(12-21)16(13-8-10-14(20)11-9-13)17(19)26(23,24)15-6-4-3-5-7-15/h3-11,16-17H,2,12,21H2,1H3/t16-,17-,19-/m0/s1. The average molecular weight is 438 g/mol. The molecule has 0 aliphatic heterocycles. The van der Waals surface area contributed by atoms with Crippen LogP contribution in [-0.2, 0) is 19.4 Å². The molecular formula is C19H20BrNO4S. The average Bonchev–Trinajstić information content (AvgIpc) is 3.35. The topological polar surface area (TPSA) is 86.5 Å². The molecule has 0 bridgehead atoms. The zero-order valence-corrected chi connectivity index (χ0v) is 16.7. The molecule has 0 radical (unpaired) electrons. The van der Waals surface area contributed by atoms with E-state index < -0.39 is 32.4 Å². The summed E-state index contributed by atoms with van der Waals surface area (Å²) in [6.07, 6.45) is 0. The molecule has 2 aromatic carbocycles. The van der Waals surface area contributed by atoms with E-state index in [0.717, 1.165) is 10.0 Å². The minimum atomic E-state index is -3.75. The van der Waals surface area contributed by atoms with Gasteiger partial charge in [0, 0.05) is 16.9 Å². The van der Waals surface area contributed by atoms with Crippen LogP contribution >= 0.6 is 15.9 Å². The van der Waals surface area contributed by atoms with Gasteiger partial charge >= 0.3 is 5.97 Å². The minimum Gasteiger partial charge on any atom is -0.465 e. The highest BCUT2D eigenvalue weighted by atomic mass is 79.9. The van der Waals surface area contributed by atoms with Crippen molar-refractivity contribution in [2.24, 2.45) is 11.1 Å². The lowest BCUT2D eigenvalue weighted by molar-refractivity contribution is -0.149. The summed E-state index contributed by atoms with van der Waals surface area (Å²) >= 11 is 3.37. The van der Waals surface area contributed by atoms with Gasteiger partial charge in [0.1, 0.15) is 5.41 Å². The SMILES string of the molecule is CCOC(=O)[C@@]1(CN)[C@@H](c2ccc(Br)cc2)[C@@H]1S(=O)(=O)c1ccccc1. The fourth-order valence-corrected chi connectivity index (χ4v) is 6.26. The predicted molar refractivity (Wildman–Crippen MR) is 102 cm³/mol. The number of hydrogen-bond donors (Lipinski definition) is 1. The van der Waals surface area contributed by atoms with Crippen molar-refractivity contribution < 1.29 is 17.9 Å². The largest absolute Gasteiger partial charge is 0.465 e. The van der Waals surface area contributed by atoms with Gasteiger partial charge in [-0.2, -0.15) is 0 Å². The first-order valence-electron chi connectivity index (χ1n) is 8.31. The second-order valence-corrected chi connectivity index (χ2v) is 9.26. The highest BCUT2D eigenvalue weighted by Gasteiger charge is 2.75. The van der Waals surface area contributed by atoms with Crippen molar-refractivity contribution in [3.8, 4) is 0 Å². The Bertz CT molecular complexity index is 899. The summed E-state index contributed by atoms with van der Waals surface area (Å²) < 4.78 is 32.6. The number of halogens is 1. The number of carbonyl (C=O) groups excluding carboxylic acids is 1. The number of nitrogens with two attached hydrogens (primary N) is 1. The molecule has 1 fully saturated rings. The number of carbonyl (C=O) groups is 1. The van der Waals surface area contributed by atoms with Crippen LogP contribution in [0.25, 0.3) is 0 Å². The molecule has 0 unspecified atom stereocenters. The Morgan fingerprint density at radius 2 is 1.77 bits per heavy atom. The first-order chi connectivity index (χ1) is 12.4. The van der Waals surface area contributed by atoms with Crippen LogP contribution in [0.2, 0.25) is 0 Å². The molecule has 2 N–H and O–H groups in total. The Morgan fingerprint density at radius 1 is 1.15 bits per heavy atom. The van der Waals surface area contributed by atoms with Gasteiger partial charge < -0.3 is 10.5 Å². The third kappa shape index (κ3) is 2.98. The number of esters is 1. The lowest BCUT2D eigenvalue weighted by atomic mass is 9.99. The monoisotopic (exact) mass is 437 g/mol. The van der Waals surface area contributed by atoms with Gasteiger partial charge in [-0.05, 0) is 36.8 Å². The van der Waals surface area contributed by atoms with Gasteiger partial charge in [-0.3, -0.25) is 4.79 Å². The van der Waals surface area contributed by atoms with E-state index in [2.05, 4.69) is 15.9 Å². The molecule has 5 nitrogen and oxygen atoms in total. The Balaban J connectivity index is 2.11. The van der Waals surface area contributed by atoms with Crippen LogP contribution in [0.15, 0.2) is 64.0 Å². The molecule has 1 aliphatic carbocycles. The zero-order valence-electron chi connectivity index (χ0n) is 14.3. The first-order valence-corrected chi connectivity index (χ1v) is 10.6. The van der Waals surface area contributed by atoms with Crippen LogP contribution in [0.3, 0.4) is 0 Å². The van der Waals surface area contributed by atoms with E-state index in [1.165, 1.54) is 0 Å². The van der Waals surface area contributed by atoms with Crippen molar-refractivity contribution in [3.05, 3.63) is 64.6 Å². The van der Waals surface area contributed by atoms with Gasteiger partial charge in [0.05, 0.1) is 16.8 Å². The quantitative estimate of drug-likeness (QED) is 0.701. The molecule has 26 heavy (non-hydrogen) atoms. The number of rotatable bonds is 6. The van der Waals surface area contributed by atoms with Crippen LogP contribution in [0.5, 0.6) is 0 Å². The Kier molecular flexibility index (Phi) is 5.23. The van der Waals surface area contributed by atoms with Gasteiger partial charge in [-0.25, -0.2) is 8.42 Å². The third-order valence-corrected chi connectivity index (χ3v) is 7.70. The summed E-state index contributed by atoms with van der Waals surface area (Å²) in [6.45, 7) is 1.77. The molecule has 1 saturated carbocycles. The van der Waals surface area contributed by atoms with Crippen LogP contribution in [-0.4, -0.2) is 32.8 Å². The van der Waals surface area contributed by atoms with Crippen LogP contribution < -0.4 is 5.73 Å². The van der Waals surface area contributed by atoms with E-state index in [1.807, 2.05) is 24.3 Å². The van der Waals surface area contributed by atoms with Gasteiger partial charge in [0.2, 0.25) is 0 Å². The highest BCUT2D eigenvalue weighted by molar-refractivity contribution is 9.10. The molecule has 7 heteroatoms. The van der Waals surface area contributed by atoms with E-state index in [9.17, 15) is 13.2 Å². The lowest BCUT2D eigenvalue weighted by Crippen LogP contribution is -2.33. The molecule has 0 spiro atoms. The van der Waals surface area contributed by atoms with Gasteiger partial charge in [0.25, 0.3) is 0 Å². The predicted octanol–water partition coefficient (Wildman–Crippen LogP) is 2.90. The highest BCUT2D eigenvalue weighted by Crippen LogP contribution is 2.64. The van der Waals surface area contributed by atoms with Crippen LogP contribution in [0.1, 0.15) is 18.4 Å². The fourth-order valence-electron chi connectivity index (χ4n) is 3.59. The molecule has 3 rings (SSSR count). The molecule has 0 saturated heterocycles. The fraction of sp³-hybridized carbons (Fsp3) is 0.316. The number of benzene rings is 2. The summed E-state index contributed by atoms with van der Waals surface area (Å²) in [5, 5.41) is -0.942. The molecule has 138 valence electrons. The van der Waals surface area contributed by atoms with Gasteiger partial charge in [-0.15, -0.1) is 0 Å². The number of hydrogen-bond acceptors (Lipinski definition) is 5. The van der Waals surface area contributed by atoms with Crippen molar-refractivity contribution in [1.82, 2.24) is 0 Å². The van der Waals surface area contributed by atoms with E-state index in [4.69, 9.17) is 10.5 Å².